The van der Waals surface area contributed by atoms with E-state index in [0.717, 1.165) is 17.6 Å². The number of carbonyl (C=O) groups is 1. The summed E-state index contributed by atoms with van der Waals surface area (Å²) in [5, 5.41) is 0. The number of methoxy groups -OCH3 is 1. The molecule has 2 aliphatic rings. The Labute approximate surface area is 111 Å². The van der Waals surface area contributed by atoms with Crippen molar-refractivity contribution in [3.63, 3.8) is 0 Å². The van der Waals surface area contributed by atoms with Gasteiger partial charge >= 0.3 is 0 Å². The molecule has 1 unspecified atom stereocenters. The van der Waals surface area contributed by atoms with E-state index < -0.39 is 0 Å². The number of nitrogens with zero attached hydrogens (tertiary/aromatic N) is 2. The fourth-order valence-electron chi connectivity index (χ4n) is 2.18. The molecule has 0 aromatic rings. The molecule has 1 atom stereocenters. The number of hydrogen-bond acceptors (Lipinski definition) is 4. The molecule has 0 aliphatic carbocycles. The van der Waals surface area contributed by atoms with Gasteiger partial charge in [0.15, 0.2) is 11.6 Å². The lowest BCUT2D eigenvalue weighted by Crippen LogP contribution is -2.43. The number of amidine groups is 1. The first-order valence-electron chi connectivity index (χ1n) is 5.73. The second kappa shape index (κ2) is 5.40. The predicted molar refractivity (Wildman–Crippen MR) is 71.4 cm³/mol. The van der Waals surface area contributed by atoms with Crippen LogP contribution in [-0.4, -0.2) is 36.1 Å². The molecule has 2 aliphatic heterocycles. The topological polar surface area (TPSA) is 41.9 Å². The molecule has 0 bridgehead atoms. The van der Waals surface area contributed by atoms with Crippen molar-refractivity contribution in [3.05, 3.63) is 35.4 Å². The van der Waals surface area contributed by atoms with Crippen LogP contribution in [0.25, 0.3) is 0 Å². The van der Waals surface area contributed by atoms with Crippen molar-refractivity contribution >= 4 is 23.7 Å². The van der Waals surface area contributed by atoms with Crippen molar-refractivity contribution in [1.82, 2.24) is 4.90 Å². The van der Waals surface area contributed by atoms with E-state index in [9.17, 15) is 4.79 Å². The first-order chi connectivity index (χ1) is 8.72. The molecule has 18 heavy (non-hydrogen) atoms. The molecule has 0 aromatic carbocycles. The van der Waals surface area contributed by atoms with Gasteiger partial charge in [0.05, 0.1) is 7.11 Å². The number of halogens is 1. The lowest BCUT2D eigenvalue weighted by Gasteiger charge is -2.35. The molecular formula is C13H15ClN2O2. The van der Waals surface area contributed by atoms with Gasteiger partial charge in [0, 0.05) is 17.8 Å². The number of hydrogen-bond donors (Lipinski definition) is 0. The van der Waals surface area contributed by atoms with Gasteiger partial charge in [-0.25, -0.2) is 4.99 Å². The lowest BCUT2D eigenvalue weighted by molar-refractivity contribution is -0.110. The fraction of sp³-hybridized carbons (Fsp3) is 0.385. The molecule has 0 radical (unpaired) electrons. The average molecular weight is 267 g/mol. The van der Waals surface area contributed by atoms with Gasteiger partial charge in [-0.3, -0.25) is 0 Å². The minimum Gasteiger partial charge on any atom is -0.493 e. The van der Waals surface area contributed by atoms with Gasteiger partial charge in [-0.2, -0.15) is 0 Å². The molecule has 0 aromatic heterocycles. The highest BCUT2D eigenvalue weighted by Crippen LogP contribution is 2.28. The summed E-state index contributed by atoms with van der Waals surface area (Å²) in [6.45, 7) is 1.90. The van der Waals surface area contributed by atoms with Crippen molar-refractivity contribution in [2.45, 2.75) is 19.4 Å². The van der Waals surface area contributed by atoms with E-state index in [1.165, 1.54) is 0 Å². The van der Waals surface area contributed by atoms with Crippen LogP contribution in [-0.2, 0) is 9.53 Å². The number of aldehydes is 1. The minimum atomic E-state index is -0.341. The van der Waals surface area contributed by atoms with E-state index in [4.69, 9.17) is 16.3 Å². The van der Waals surface area contributed by atoms with Crippen LogP contribution in [0.2, 0.25) is 0 Å². The largest absolute Gasteiger partial charge is 0.493 e. The molecular weight excluding hydrogens is 252 g/mol. The Hall–Kier alpha value is -1.55. The third-order valence-electron chi connectivity index (χ3n) is 3.07. The lowest BCUT2D eigenvalue weighted by atomic mass is 9.99. The molecule has 0 N–H and O–H groups in total. The minimum absolute atomic E-state index is 0.341. The second-order valence-electron chi connectivity index (χ2n) is 4.05. The number of allylic oxidation sites excluding steroid dienone is 3. The van der Waals surface area contributed by atoms with Gasteiger partial charge in [-0.05, 0) is 31.1 Å². The molecule has 0 spiro atoms. The van der Waals surface area contributed by atoms with Crippen molar-refractivity contribution in [3.8, 4) is 0 Å². The normalized spacial score (nSPS) is 22.4. The first kappa shape index (κ1) is 12.9. The maximum absolute atomic E-state index is 11.4. The SMILES string of the molecule is COC1=CC=CN2C1=NC(C)=C(CCCl)C2C=O. The maximum Gasteiger partial charge on any atom is 0.176 e. The summed E-state index contributed by atoms with van der Waals surface area (Å²) in [4.78, 5) is 17.7. The van der Waals surface area contributed by atoms with Crippen LogP contribution in [0.5, 0.6) is 0 Å². The predicted octanol–water partition coefficient (Wildman–Crippen LogP) is 2.23. The van der Waals surface area contributed by atoms with Crippen molar-refractivity contribution < 1.29 is 9.53 Å². The van der Waals surface area contributed by atoms with Gasteiger partial charge < -0.3 is 14.4 Å². The van der Waals surface area contributed by atoms with Crippen LogP contribution >= 0.6 is 11.6 Å². The van der Waals surface area contributed by atoms with Crippen LogP contribution in [0.4, 0.5) is 0 Å². The molecule has 4 nitrogen and oxygen atoms in total. The average Bonchev–Trinajstić information content (AvgIpc) is 2.39. The van der Waals surface area contributed by atoms with E-state index in [2.05, 4.69) is 4.99 Å². The van der Waals surface area contributed by atoms with Crippen molar-refractivity contribution in [2.24, 2.45) is 4.99 Å². The van der Waals surface area contributed by atoms with Crippen LogP contribution in [0.1, 0.15) is 13.3 Å². The number of rotatable bonds is 4. The van der Waals surface area contributed by atoms with Gasteiger partial charge in [0.25, 0.3) is 0 Å². The standard InChI is InChI=1S/C13H15ClN2O2/c1-9-10(5-6-14)11(8-17)16-7-3-4-12(18-2)13(16)15-9/h3-4,7-8,11H,5-6H2,1-2H3. The van der Waals surface area contributed by atoms with Crippen LogP contribution in [0.15, 0.2) is 40.4 Å². The summed E-state index contributed by atoms with van der Waals surface area (Å²) in [6.07, 6.45) is 7.08. The number of fused-ring (bicyclic) bond motifs is 1. The highest BCUT2D eigenvalue weighted by atomic mass is 35.5. The van der Waals surface area contributed by atoms with Gasteiger partial charge in [0.2, 0.25) is 0 Å². The Balaban J connectivity index is 2.47. The third kappa shape index (κ3) is 2.08. The van der Waals surface area contributed by atoms with Gasteiger partial charge in [-0.1, -0.05) is 0 Å². The molecule has 0 fully saturated rings. The summed E-state index contributed by atoms with van der Waals surface area (Å²) >= 11 is 5.78. The molecule has 96 valence electrons. The number of carbonyl (C=O) groups excluding carboxylic acids is 1. The Bertz CT molecular complexity index is 477. The van der Waals surface area contributed by atoms with E-state index >= 15 is 0 Å². The molecule has 0 saturated heterocycles. The zero-order chi connectivity index (χ0) is 13.1. The highest BCUT2D eigenvalue weighted by molar-refractivity contribution is 6.18. The summed E-state index contributed by atoms with van der Waals surface area (Å²) < 4.78 is 5.27. The molecule has 2 heterocycles. The quantitative estimate of drug-likeness (QED) is 0.579. The Morgan fingerprint density at radius 3 is 3.00 bits per heavy atom. The summed E-state index contributed by atoms with van der Waals surface area (Å²) in [7, 11) is 1.59. The summed E-state index contributed by atoms with van der Waals surface area (Å²) in [6, 6.07) is -0.341. The van der Waals surface area contributed by atoms with E-state index in [1.807, 2.05) is 30.2 Å². The summed E-state index contributed by atoms with van der Waals surface area (Å²) in [5.41, 5.74) is 1.81. The van der Waals surface area contributed by atoms with E-state index in [1.54, 1.807) is 7.11 Å². The molecule has 2 rings (SSSR count). The zero-order valence-electron chi connectivity index (χ0n) is 10.4. The second-order valence-corrected chi connectivity index (χ2v) is 4.43. The Kier molecular flexibility index (Phi) is 3.87. The van der Waals surface area contributed by atoms with Crippen molar-refractivity contribution in [2.75, 3.05) is 13.0 Å². The highest BCUT2D eigenvalue weighted by Gasteiger charge is 2.32. The van der Waals surface area contributed by atoms with Crippen LogP contribution < -0.4 is 0 Å². The van der Waals surface area contributed by atoms with Gasteiger partial charge in [0.1, 0.15) is 12.3 Å². The monoisotopic (exact) mass is 266 g/mol. The van der Waals surface area contributed by atoms with Crippen LogP contribution in [0, 0.1) is 0 Å². The smallest absolute Gasteiger partial charge is 0.176 e. The number of ether oxygens (including phenoxy) is 1. The first-order valence-corrected chi connectivity index (χ1v) is 6.27. The van der Waals surface area contributed by atoms with E-state index in [-0.39, 0.29) is 6.04 Å². The molecule has 0 saturated carbocycles. The third-order valence-corrected chi connectivity index (χ3v) is 3.26. The maximum atomic E-state index is 11.4. The number of alkyl halides is 1. The van der Waals surface area contributed by atoms with Crippen LogP contribution in [0.3, 0.4) is 0 Å². The Morgan fingerprint density at radius 1 is 1.61 bits per heavy atom. The molecule has 5 heteroatoms. The Morgan fingerprint density at radius 2 is 2.39 bits per heavy atom. The van der Waals surface area contributed by atoms with Gasteiger partial charge in [-0.15, -0.1) is 11.6 Å². The summed E-state index contributed by atoms with van der Waals surface area (Å²) in [5.74, 6) is 1.81. The molecule has 0 amide bonds. The zero-order valence-corrected chi connectivity index (χ0v) is 11.1. The number of aliphatic imine (C=N–C) groups is 1. The fourth-order valence-corrected chi connectivity index (χ4v) is 2.39. The van der Waals surface area contributed by atoms with E-state index in [0.29, 0.717) is 23.9 Å². The van der Waals surface area contributed by atoms with Crippen molar-refractivity contribution in [1.29, 1.82) is 0 Å².